The Bertz CT molecular complexity index is 502. The average molecular weight is 447 g/mol. The molecule has 0 aromatic rings. The van der Waals surface area contributed by atoms with Gasteiger partial charge in [-0.15, -0.1) is 0 Å². The van der Waals surface area contributed by atoms with Crippen LogP contribution in [-0.4, -0.2) is 0 Å². The van der Waals surface area contributed by atoms with E-state index in [2.05, 4.69) is 75.3 Å². The summed E-state index contributed by atoms with van der Waals surface area (Å²) in [6, 6.07) is 0. The van der Waals surface area contributed by atoms with Crippen molar-refractivity contribution in [2.45, 2.75) is 26.7 Å². The SMILES string of the molecule is C[C]1[CH][C]2C=CC=C[C]2[C]1CC[C]1[C](C)[CH][C]2C=CC=C[C]21.[Cl][Zr+2][Cl]. The van der Waals surface area contributed by atoms with Crippen molar-refractivity contribution in [3.05, 3.63) is 109 Å². The Labute approximate surface area is 172 Å². The zero-order chi connectivity index (χ0) is 17.8. The predicted octanol–water partition coefficient (Wildman–Crippen LogP) is 6.47. The van der Waals surface area contributed by atoms with Gasteiger partial charge >= 0.3 is 37.9 Å². The Morgan fingerprint density at radius 3 is 1.44 bits per heavy atom. The van der Waals surface area contributed by atoms with Gasteiger partial charge in [0.05, 0.1) is 0 Å². The van der Waals surface area contributed by atoms with E-state index < -0.39 is 20.8 Å². The van der Waals surface area contributed by atoms with Gasteiger partial charge in [-0.05, 0) is 49.4 Å². The summed E-state index contributed by atoms with van der Waals surface area (Å²) in [6.45, 7) is 4.48. The van der Waals surface area contributed by atoms with E-state index in [1.807, 2.05) is 0 Å². The van der Waals surface area contributed by atoms with Crippen molar-refractivity contribution >= 4 is 17.0 Å². The van der Waals surface area contributed by atoms with E-state index in [9.17, 15) is 0 Å². The molecule has 2 saturated carbocycles. The van der Waals surface area contributed by atoms with Gasteiger partial charge in [-0.1, -0.05) is 62.5 Å². The van der Waals surface area contributed by atoms with Crippen molar-refractivity contribution in [2.24, 2.45) is 0 Å². The van der Waals surface area contributed by atoms with E-state index in [-0.39, 0.29) is 0 Å². The van der Waals surface area contributed by atoms with Crippen LogP contribution >= 0.6 is 17.0 Å². The van der Waals surface area contributed by atoms with Crippen molar-refractivity contribution in [3.63, 3.8) is 0 Å². The van der Waals surface area contributed by atoms with E-state index in [1.54, 1.807) is 0 Å². The maximum atomic E-state index is 4.93. The quantitative estimate of drug-likeness (QED) is 0.466. The van der Waals surface area contributed by atoms with Crippen LogP contribution in [0.3, 0.4) is 0 Å². The molecule has 0 heterocycles. The van der Waals surface area contributed by atoms with E-state index >= 15 is 0 Å². The van der Waals surface area contributed by atoms with Crippen molar-refractivity contribution in [1.82, 2.24) is 0 Å². The maximum absolute atomic E-state index is 4.93. The molecular formula is C22H20Cl2Zr+2. The molecule has 3 heteroatoms. The zero-order valence-electron chi connectivity index (χ0n) is 14.4. The van der Waals surface area contributed by atoms with Crippen LogP contribution in [0.4, 0.5) is 0 Å². The summed E-state index contributed by atoms with van der Waals surface area (Å²) in [7, 11) is 9.87. The fourth-order valence-corrected chi connectivity index (χ4v) is 3.77. The molecule has 0 saturated heterocycles. The van der Waals surface area contributed by atoms with Crippen LogP contribution in [0.25, 0.3) is 0 Å². The number of fused-ring (bicyclic) bond motifs is 2. The minimum absolute atomic E-state index is 0.826. The van der Waals surface area contributed by atoms with Crippen LogP contribution in [0.2, 0.25) is 0 Å². The van der Waals surface area contributed by atoms with Crippen molar-refractivity contribution < 1.29 is 20.8 Å². The van der Waals surface area contributed by atoms with Gasteiger partial charge in [0.25, 0.3) is 0 Å². The van der Waals surface area contributed by atoms with Gasteiger partial charge < -0.3 is 0 Å². The Balaban J connectivity index is 0.000000569. The molecule has 0 amide bonds. The van der Waals surface area contributed by atoms with E-state index in [0.717, 1.165) is 12.8 Å². The van der Waals surface area contributed by atoms with Crippen LogP contribution < -0.4 is 0 Å². The molecule has 0 aromatic heterocycles. The minimum atomic E-state index is -0.826. The van der Waals surface area contributed by atoms with Gasteiger partial charge in [-0.3, -0.25) is 0 Å². The Hall–Kier alpha value is 0.423. The second-order valence-corrected chi connectivity index (χ2v) is 10.1. The van der Waals surface area contributed by atoms with Gasteiger partial charge in [0.1, 0.15) is 0 Å². The summed E-state index contributed by atoms with van der Waals surface area (Å²) in [5.74, 6) is 11.5. The Morgan fingerprint density at radius 1 is 0.680 bits per heavy atom. The molecular weight excluding hydrogens is 426 g/mol. The first-order chi connectivity index (χ1) is 12.2. The average Bonchev–Trinajstić information content (AvgIpc) is 3.09. The van der Waals surface area contributed by atoms with E-state index in [0.29, 0.717) is 0 Å². The number of halogens is 2. The molecule has 2 fully saturated rings. The molecule has 4 rings (SSSR count). The molecule has 4 aliphatic rings. The van der Waals surface area contributed by atoms with Crippen LogP contribution in [0, 0.1) is 60.2 Å². The molecule has 0 spiro atoms. The molecule has 0 nitrogen and oxygen atoms in total. The second-order valence-electron chi connectivity index (χ2n) is 6.36. The Morgan fingerprint density at radius 2 is 1.04 bits per heavy atom. The molecule has 4 aliphatic carbocycles. The van der Waals surface area contributed by atoms with Crippen LogP contribution in [0.1, 0.15) is 26.7 Å². The summed E-state index contributed by atoms with van der Waals surface area (Å²) >= 11 is -0.826. The molecule has 124 valence electrons. The summed E-state index contributed by atoms with van der Waals surface area (Å²) in [5, 5.41) is 0. The molecule has 25 heavy (non-hydrogen) atoms. The molecule has 0 N–H and O–H groups in total. The van der Waals surface area contributed by atoms with Crippen LogP contribution in [-0.2, 0) is 20.8 Å². The Kier molecular flexibility index (Phi) is 7.72. The summed E-state index contributed by atoms with van der Waals surface area (Å²) in [6.07, 6.45) is 24.4. The predicted molar refractivity (Wildman–Crippen MR) is 103 cm³/mol. The molecule has 0 unspecified atom stereocenters. The normalized spacial score (nSPS) is 25.9. The zero-order valence-corrected chi connectivity index (χ0v) is 18.4. The third-order valence-corrected chi connectivity index (χ3v) is 4.89. The van der Waals surface area contributed by atoms with E-state index in [1.165, 1.54) is 47.3 Å². The molecule has 0 bridgehead atoms. The second kappa shape index (κ2) is 9.57. The number of allylic oxidation sites excluding steroid dienone is 8. The van der Waals surface area contributed by atoms with Crippen molar-refractivity contribution in [2.75, 3.05) is 0 Å². The molecule has 0 aromatic carbocycles. The number of hydrogen-bond donors (Lipinski definition) is 0. The first-order valence-electron chi connectivity index (χ1n) is 8.39. The van der Waals surface area contributed by atoms with Crippen molar-refractivity contribution in [1.29, 1.82) is 0 Å². The van der Waals surface area contributed by atoms with Gasteiger partial charge in [-0.25, -0.2) is 0 Å². The fourth-order valence-electron chi connectivity index (χ4n) is 3.77. The molecule has 0 aliphatic heterocycles. The van der Waals surface area contributed by atoms with Crippen molar-refractivity contribution in [3.8, 4) is 0 Å². The van der Waals surface area contributed by atoms with Gasteiger partial charge in [0, 0.05) is 23.7 Å². The van der Waals surface area contributed by atoms with Crippen LogP contribution in [0.5, 0.6) is 0 Å². The van der Waals surface area contributed by atoms with E-state index in [4.69, 9.17) is 17.0 Å². The monoisotopic (exact) mass is 444 g/mol. The van der Waals surface area contributed by atoms with Gasteiger partial charge in [-0.2, -0.15) is 0 Å². The van der Waals surface area contributed by atoms with Crippen LogP contribution in [0.15, 0.2) is 48.6 Å². The number of hydrogen-bond acceptors (Lipinski definition) is 0. The van der Waals surface area contributed by atoms with Gasteiger partial charge in [0.2, 0.25) is 0 Å². The summed E-state index contributed by atoms with van der Waals surface area (Å²) in [4.78, 5) is 0. The fraction of sp³-hybridized carbons (Fsp3) is 0.182. The summed E-state index contributed by atoms with van der Waals surface area (Å²) in [5.41, 5.74) is 0. The number of rotatable bonds is 3. The molecule has 10 radical (unpaired) electrons. The first kappa shape index (κ1) is 20.2. The third kappa shape index (κ3) is 4.64. The summed E-state index contributed by atoms with van der Waals surface area (Å²) < 4.78 is 0. The third-order valence-electron chi connectivity index (χ3n) is 4.89. The first-order valence-corrected chi connectivity index (χ1v) is 14.7. The topological polar surface area (TPSA) is 0 Å². The molecule has 0 atom stereocenters. The van der Waals surface area contributed by atoms with Gasteiger partial charge in [0.15, 0.2) is 0 Å². The standard InChI is InChI=1S/C22H20.2ClH.Zr/c1-15-13-17-7-3-5-9-21(17)19(15)11-12-20-16(2)14-18-8-4-6-10-22(18)20;;;/h3-10,13-14H,11-12H2,1-2H3;2*1H;/q;;;+4/p-2.